The second-order valence-corrected chi connectivity index (χ2v) is 11.8. The van der Waals surface area contributed by atoms with Crippen molar-refractivity contribution in [1.82, 2.24) is 4.57 Å². The van der Waals surface area contributed by atoms with E-state index in [4.69, 9.17) is 4.42 Å². The highest BCUT2D eigenvalue weighted by Gasteiger charge is 2.21. The molecule has 0 amide bonds. The standard InChI is InChI=1S/C38H19N3OS/c39-20-22-15-16-32-29(17-22)26-7-1-3-11-31(26)41(32)33-12-5-10-27-30-19-23(18-24(21-40)37(30)42-38(27)33)25-9-6-14-35-36(25)28-8-2-4-13-34(28)43-35/h1-19H. The van der Waals surface area contributed by atoms with Crippen molar-refractivity contribution in [2.75, 3.05) is 0 Å². The zero-order valence-corrected chi connectivity index (χ0v) is 23.4. The van der Waals surface area contributed by atoms with Gasteiger partial charge in [-0.25, -0.2) is 0 Å². The van der Waals surface area contributed by atoms with E-state index in [-0.39, 0.29) is 0 Å². The molecule has 0 unspecified atom stereocenters. The van der Waals surface area contributed by atoms with Crippen molar-refractivity contribution in [2.45, 2.75) is 0 Å². The summed E-state index contributed by atoms with van der Waals surface area (Å²) in [5, 5.41) is 26.3. The van der Waals surface area contributed by atoms with E-state index >= 15 is 0 Å². The normalized spacial score (nSPS) is 11.7. The number of benzene rings is 6. The van der Waals surface area contributed by atoms with Crippen molar-refractivity contribution in [2.24, 2.45) is 0 Å². The minimum atomic E-state index is 0.507. The van der Waals surface area contributed by atoms with E-state index in [1.165, 1.54) is 20.2 Å². The van der Waals surface area contributed by atoms with Gasteiger partial charge in [-0.3, -0.25) is 0 Å². The van der Waals surface area contributed by atoms with Crippen molar-refractivity contribution in [3.8, 4) is 29.0 Å². The molecule has 0 aliphatic carbocycles. The second kappa shape index (κ2) is 8.81. The van der Waals surface area contributed by atoms with Gasteiger partial charge in [0.1, 0.15) is 6.07 Å². The summed E-state index contributed by atoms with van der Waals surface area (Å²) in [6.45, 7) is 0. The van der Waals surface area contributed by atoms with Gasteiger partial charge in [0.25, 0.3) is 0 Å². The van der Waals surface area contributed by atoms with Crippen LogP contribution in [0.1, 0.15) is 11.1 Å². The van der Waals surface area contributed by atoms with Gasteiger partial charge in [-0.2, -0.15) is 10.5 Å². The van der Waals surface area contributed by atoms with Crippen LogP contribution in [0.15, 0.2) is 120 Å². The molecule has 5 heteroatoms. The van der Waals surface area contributed by atoms with Gasteiger partial charge >= 0.3 is 0 Å². The lowest BCUT2D eigenvalue weighted by atomic mass is 9.96. The lowest BCUT2D eigenvalue weighted by Gasteiger charge is -2.08. The van der Waals surface area contributed by atoms with Crippen LogP contribution >= 0.6 is 11.3 Å². The molecule has 198 valence electrons. The first-order valence-electron chi connectivity index (χ1n) is 14.0. The van der Waals surface area contributed by atoms with E-state index in [9.17, 15) is 10.5 Å². The Morgan fingerprint density at radius 2 is 1.35 bits per heavy atom. The van der Waals surface area contributed by atoms with Gasteiger partial charge in [0.05, 0.1) is 33.9 Å². The first-order chi connectivity index (χ1) is 21.2. The minimum absolute atomic E-state index is 0.507. The predicted octanol–water partition coefficient (Wildman–Crippen LogP) is 10.5. The fourth-order valence-electron chi connectivity index (χ4n) is 6.62. The number of nitriles is 2. The Kier molecular flexibility index (Phi) is 4.87. The first kappa shape index (κ1) is 23.8. The topological polar surface area (TPSA) is 65.7 Å². The van der Waals surface area contributed by atoms with E-state index < -0.39 is 0 Å². The monoisotopic (exact) mass is 565 g/mol. The molecule has 0 aliphatic rings. The molecule has 43 heavy (non-hydrogen) atoms. The third-order valence-electron chi connectivity index (χ3n) is 8.45. The third-order valence-corrected chi connectivity index (χ3v) is 9.59. The average molecular weight is 566 g/mol. The Balaban J connectivity index is 1.36. The molecule has 0 saturated carbocycles. The van der Waals surface area contributed by atoms with Gasteiger partial charge in [-0.05, 0) is 65.7 Å². The maximum atomic E-state index is 10.3. The Hall–Kier alpha value is -5.88. The summed E-state index contributed by atoms with van der Waals surface area (Å²) < 4.78 is 11.3. The molecule has 0 radical (unpaired) electrons. The fourth-order valence-corrected chi connectivity index (χ4v) is 7.75. The molecule has 0 spiro atoms. The van der Waals surface area contributed by atoms with Gasteiger partial charge < -0.3 is 8.98 Å². The zero-order chi connectivity index (χ0) is 28.7. The molecule has 0 atom stereocenters. The molecule has 0 N–H and O–H groups in total. The molecule has 0 saturated heterocycles. The molecule has 3 heterocycles. The van der Waals surface area contributed by atoms with Crippen molar-refractivity contribution in [3.63, 3.8) is 0 Å². The van der Waals surface area contributed by atoms with Crippen molar-refractivity contribution < 1.29 is 4.42 Å². The van der Waals surface area contributed by atoms with Crippen LogP contribution in [0.5, 0.6) is 0 Å². The summed E-state index contributed by atoms with van der Waals surface area (Å²) in [7, 11) is 0. The van der Waals surface area contributed by atoms with Crippen LogP contribution in [-0.4, -0.2) is 4.57 Å². The molecular formula is C38H19N3OS. The highest BCUT2D eigenvalue weighted by atomic mass is 32.1. The third kappa shape index (κ3) is 3.29. The summed E-state index contributed by atoms with van der Waals surface area (Å²) in [5.74, 6) is 0. The number of para-hydroxylation sites is 2. The quantitative estimate of drug-likeness (QED) is 0.209. The Bertz CT molecular complexity index is 2710. The minimum Gasteiger partial charge on any atom is -0.452 e. The second-order valence-electron chi connectivity index (χ2n) is 10.7. The number of hydrogen-bond acceptors (Lipinski definition) is 4. The Morgan fingerprint density at radius 3 is 2.23 bits per heavy atom. The van der Waals surface area contributed by atoms with E-state index in [0.717, 1.165) is 55.0 Å². The van der Waals surface area contributed by atoms with E-state index in [2.05, 4.69) is 89.5 Å². The largest absolute Gasteiger partial charge is 0.452 e. The summed E-state index contributed by atoms with van der Waals surface area (Å²) in [4.78, 5) is 0. The van der Waals surface area contributed by atoms with Gasteiger partial charge in [-0.15, -0.1) is 11.3 Å². The lowest BCUT2D eigenvalue weighted by Crippen LogP contribution is -1.94. The van der Waals surface area contributed by atoms with Crippen LogP contribution in [-0.2, 0) is 0 Å². The Morgan fingerprint density at radius 1 is 0.581 bits per heavy atom. The molecular weight excluding hydrogens is 547 g/mol. The van der Waals surface area contributed by atoms with Gasteiger partial charge in [-0.1, -0.05) is 60.7 Å². The maximum absolute atomic E-state index is 10.3. The molecule has 0 aliphatic heterocycles. The maximum Gasteiger partial charge on any atom is 0.159 e. The summed E-state index contributed by atoms with van der Waals surface area (Å²) in [6, 6.07) is 43.9. The summed E-state index contributed by atoms with van der Waals surface area (Å²) in [5.41, 5.74) is 7.44. The van der Waals surface area contributed by atoms with Crippen LogP contribution in [0, 0.1) is 22.7 Å². The number of aromatic nitrogens is 1. The van der Waals surface area contributed by atoms with Gasteiger partial charge in [0.15, 0.2) is 11.2 Å². The van der Waals surface area contributed by atoms with E-state index in [0.29, 0.717) is 16.7 Å². The molecule has 9 rings (SSSR count). The summed E-state index contributed by atoms with van der Waals surface area (Å²) in [6.07, 6.45) is 0. The molecule has 0 fully saturated rings. The molecule has 9 aromatic rings. The first-order valence-corrected chi connectivity index (χ1v) is 14.8. The molecule has 4 nitrogen and oxygen atoms in total. The smallest absolute Gasteiger partial charge is 0.159 e. The number of hydrogen-bond donors (Lipinski definition) is 0. The fraction of sp³-hybridized carbons (Fsp3) is 0. The van der Waals surface area contributed by atoms with Crippen LogP contribution in [0.2, 0.25) is 0 Å². The van der Waals surface area contributed by atoms with Crippen molar-refractivity contribution in [1.29, 1.82) is 10.5 Å². The zero-order valence-electron chi connectivity index (χ0n) is 22.6. The molecule has 6 aromatic carbocycles. The number of furan rings is 1. The lowest BCUT2D eigenvalue weighted by molar-refractivity contribution is 0.665. The Labute approximate surface area is 249 Å². The van der Waals surface area contributed by atoms with Crippen molar-refractivity contribution >= 4 is 75.3 Å². The molecule has 0 bridgehead atoms. The van der Waals surface area contributed by atoms with Crippen molar-refractivity contribution in [3.05, 3.63) is 126 Å². The number of fused-ring (bicyclic) bond motifs is 9. The van der Waals surface area contributed by atoms with E-state index in [1.54, 1.807) is 11.3 Å². The predicted molar refractivity (Wildman–Crippen MR) is 176 cm³/mol. The highest BCUT2D eigenvalue weighted by Crippen LogP contribution is 2.43. The van der Waals surface area contributed by atoms with Gasteiger partial charge in [0.2, 0.25) is 0 Å². The van der Waals surface area contributed by atoms with Crippen LogP contribution in [0.4, 0.5) is 0 Å². The van der Waals surface area contributed by atoms with Gasteiger partial charge in [0, 0.05) is 41.7 Å². The SMILES string of the molecule is N#Cc1ccc2c(c1)c1ccccc1n2-c1cccc2c1oc1c(C#N)cc(-c3cccc4sc5ccccc5c34)cc12. The number of rotatable bonds is 2. The molecule has 3 aromatic heterocycles. The highest BCUT2D eigenvalue weighted by molar-refractivity contribution is 7.25. The van der Waals surface area contributed by atoms with Crippen LogP contribution in [0.25, 0.3) is 80.7 Å². The van der Waals surface area contributed by atoms with Crippen LogP contribution in [0.3, 0.4) is 0 Å². The number of thiophene rings is 1. The summed E-state index contributed by atoms with van der Waals surface area (Å²) >= 11 is 1.79. The van der Waals surface area contributed by atoms with E-state index in [1.807, 2.05) is 42.5 Å². The number of nitrogens with zero attached hydrogens (tertiary/aromatic N) is 3. The van der Waals surface area contributed by atoms with Crippen LogP contribution < -0.4 is 0 Å². The average Bonchev–Trinajstić information content (AvgIpc) is 3.73.